The SMILES string of the molecule is O=C(Nc1nccs1)C(c1ncn2c1CCC2)N1Cc2c(F)cc(-c3ccc(N4CCNCC4)cc3)cc2C1=O. The Morgan fingerprint density at radius 2 is 1.90 bits per heavy atom. The summed E-state index contributed by atoms with van der Waals surface area (Å²) < 4.78 is 17.6. The number of benzene rings is 2. The predicted molar refractivity (Wildman–Crippen MR) is 151 cm³/mol. The molecular weight excluding hydrogens is 529 g/mol. The monoisotopic (exact) mass is 557 g/mol. The van der Waals surface area contributed by atoms with Crippen molar-refractivity contribution in [3.05, 3.63) is 82.6 Å². The van der Waals surface area contributed by atoms with E-state index in [9.17, 15) is 9.59 Å². The van der Waals surface area contributed by atoms with Crippen molar-refractivity contribution < 1.29 is 14.0 Å². The molecule has 4 aromatic rings. The maximum absolute atomic E-state index is 15.6. The van der Waals surface area contributed by atoms with Crippen molar-refractivity contribution in [2.75, 3.05) is 36.4 Å². The zero-order chi connectivity index (χ0) is 27.2. The second-order valence-corrected chi connectivity index (χ2v) is 11.2. The van der Waals surface area contributed by atoms with Crippen LogP contribution in [0.2, 0.25) is 0 Å². The van der Waals surface area contributed by atoms with Gasteiger partial charge in [0.1, 0.15) is 5.82 Å². The van der Waals surface area contributed by atoms with Crippen LogP contribution < -0.4 is 15.5 Å². The number of hydrogen-bond acceptors (Lipinski definition) is 7. The maximum Gasteiger partial charge on any atom is 0.255 e. The van der Waals surface area contributed by atoms with E-state index in [4.69, 9.17) is 0 Å². The average molecular weight is 558 g/mol. The summed E-state index contributed by atoms with van der Waals surface area (Å²) in [6.07, 6.45) is 5.05. The number of hydrogen-bond donors (Lipinski definition) is 2. The Balaban J connectivity index is 1.20. The van der Waals surface area contributed by atoms with E-state index in [1.807, 2.05) is 28.8 Å². The number of carbonyl (C=O) groups is 2. The van der Waals surface area contributed by atoms with Crippen LogP contribution in [0.1, 0.15) is 39.8 Å². The van der Waals surface area contributed by atoms with Crippen LogP contribution in [-0.4, -0.2) is 57.4 Å². The van der Waals surface area contributed by atoms with Gasteiger partial charge >= 0.3 is 0 Å². The Morgan fingerprint density at radius 1 is 1.07 bits per heavy atom. The number of nitrogens with zero attached hydrogens (tertiary/aromatic N) is 5. The standard InChI is InChI=1S/C29H28FN7O2S/c30-23-15-19(18-3-5-20(6-4-18)35-11-7-31-8-12-35)14-21-22(23)16-37(28(21)39)26(27(38)34-29-32-9-13-40-29)25-24-2-1-10-36(24)17-33-25/h3-6,9,13-15,17,26,31H,1-2,7-8,10-12,16H2,(H,32,34,38). The lowest BCUT2D eigenvalue weighted by Crippen LogP contribution is -2.43. The first-order valence-corrected chi connectivity index (χ1v) is 14.4. The van der Waals surface area contributed by atoms with Crippen LogP contribution in [0.5, 0.6) is 0 Å². The van der Waals surface area contributed by atoms with Crippen molar-refractivity contribution in [1.82, 2.24) is 24.8 Å². The lowest BCUT2D eigenvalue weighted by Gasteiger charge is -2.29. The fourth-order valence-corrected chi connectivity index (χ4v) is 6.48. The predicted octanol–water partition coefficient (Wildman–Crippen LogP) is 3.84. The van der Waals surface area contributed by atoms with E-state index in [1.54, 1.807) is 24.0 Å². The van der Waals surface area contributed by atoms with Gasteiger partial charge in [0.25, 0.3) is 11.8 Å². The van der Waals surface area contributed by atoms with Gasteiger partial charge in [-0.25, -0.2) is 14.4 Å². The number of aromatic nitrogens is 3. The molecule has 0 spiro atoms. The molecule has 1 fully saturated rings. The van der Waals surface area contributed by atoms with Crippen molar-refractivity contribution in [1.29, 1.82) is 0 Å². The smallest absolute Gasteiger partial charge is 0.255 e. The molecule has 1 atom stereocenters. The largest absolute Gasteiger partial charge is 0.369 e. The third-order valence-corrected chi connectivity index (χ3v) is 8.66. The summed E-state index contributed by atoms with van der Waals surface area (Å²) in [5.41, 5.74) is 4.64. The molecule has 40 heavy (non-hydrogen) atoms. The number of amides is 2. The van der Waals surface area contributed by atoms with E-state index in [1.165, 1.54) is 22.3 Å². The Hall–Kier alpha value is -4.09. The van der Waals surface area contributed by atoms with Gasteiger partial charge in [0.15, 0.2) is 11.2 Å². The van der Waals surface area contributed by atoms with Crippen LogP contribution in [0, 0.1) is 5.82 Å². The molecule has 2 aromatic carbocycles. The number of fused-ring (bicyclic) bond motifs is 2. The quantitative estimate of drug-likeness (QED) is 0.374. The highest BCUT2D eigenvalue weighted by Gasteiger charge is 2.42. The number of thiazole rings is 1. The Kier molecular flexibility index (Phi) is 6.32. The summed E-state index contributed by atoms with van der Waals surface area (Å²) in [6.45, 7) is 4.58. The lowest BCUT2D eigenvalue weighted by atomic mass is 9.99. The van der Waals surface area contributed by atoms with Gasteiger partial charge in [0.05, 0.1) is 18.6 Å². The number of nitrogens with one attached hydrogen (secondary N) is 2. The summed E-state index contributed by atoms with van der Waals surface area (Å²) in [6, 6.07) is 10.2. The molecule has 3 aliphatic rings. The zero-order valence-electron chi connectivity index (χ0n) is 21.8. The summed E-state index contributed by atoms with van der Waals surface area (Å²) in [7, 11) is 0. The minimum Gasteiger partial charge on any atom is -0.369 e. The molecule has 9 nitrogen and oxygen atoms in total. The molecule has 2 N–H and O–H groups in total. The van der Waals surface area contributed by atoms with Crippen LogP contribution in [0.25, 0.3) is 11.1 Å². The molecule has 2 aromatic heterocycles. The number of imidazole rings is 1. The Morgan fingerprint density at radius 3 is 2.67 bits per heavy atom. The van der Waals surface area contributed by atoms with Crippen LogP contribution in [-0.2, 0) is 24.3 Å². The highest BCUT2D eigenvalue weighted by atomic mass is 32.1. The van der Waals surface area contributed by atoms with E-state index in [2.05, 4.69) is 25.5 Å². The molecule has 0 radical (unpaired) electrons. The van der Waals surface area contributed by atoms with Crippen molar-refractivity contribution in [2.24, 2.45) is 0 Å². The molecule has 0 saturated carbocycles. The molecule has 2 amide bonds. The third kappa shape index (κ3) is 4.35. The number of rotatable bonds is 6. The van der Waals surface area contributed by atoms with Crippen molar-refractivity contribution >= 4 is 34.0 Å². The number of halogens is 1. The second kappa shape index (κ2) is 10.1. The molecule has 1 saturated heterocycles. The van der Waals surface area contributed by atoms with Gasteiger partial charge in [-0.15, -0.1) is 11.3 Å². The molecule has 11 heteroatoms. The van der Waals surface area contributed by atoms with Crippen LogP contribution in [0.15, 0.2) is 54.3 Å². The maximum atomic E-state index is 15.6. The first kappa shape index (κ1) is 24.9. The van der Waals surface area contributed by atoms with Gasteiger partial charge in [-0.1, -0.05) is 12.1 Å². The van der Waals surface area contributed by atoms with Gasteiger partial charge in [-0.3, -0.25) is 14.9 Å². The van der Waals surface area contributed by atoms with E-state index in [0.717, 1.165) is 62.5 Å². The van der Waals surface area contributed by atoms with Crippen molar-refractivity contribution in [3.8, 4) is 11.1 Å². The van der Waals surface area contributed by atoms with Gasteiger partial charge in [0.2, 0.25) is 0 Å². The number of anilines is 2. The fraction of sp³-hybridized carbons (Fsp3) is 0.310. The normalized spacial score (nSPS) is 17.2. The zero-order valence-corrected chi connectivity index (χ0v) is 22.6. The molecule has 0 bridgehead atoms. The highest BCUT2D eigenvalue weighted by molar-refractivity contribution is 7.13. The number of aryl methyl sites for hydroxylation is 1. The van der Waals surface area contributed by atoms with Gasteiger partial charge in [0, 0.05) is 66.8 Å². The topological polar surface area (TPSA) is 95.4 Å². The van der Waals surface area contributed by atoms with Gasteiger partial charge in [-0.05, 0) is 48.2 Å². The van der Waals surface area contributed by atoms with Crippen molar-refractivity contribution in [2.45, 2.75) is 32.0 Å². The Bertz CT molecular complexity index is 1580. The van der Waals surface area contributed by atoms with Crippen LogP contribution in [0.3, 0.4) is 0 Å². The minimum atomic E-state index is -1.00. The van der Waals surface area contributed by atoms with E-state index in [0.29, 0.717) is 22.0 Å². The molecular formula is C29H28FN7O2S. The average Bonchev–Trinajstić information content (AvgIpc) is 3.78. The fourth-order valence-electron chi connectivity index (χ4n) is 5.95. The molecule has 0 aliphatic carbocycles. The molecule has 1 unspecified atom stereocenters. The number of piperazine rings is 1. The van der Waals surface area contributed by atoms with Crippen LogP contribution in [0.4, 0.5) is 15.2 Å². The minimum absolute atomic E-state index is 0.00946. The van der Waals surface area contributed by atoms with Gasteiger partial charge in [-0.2, -0.15) is 0 Å². The summed E-state index contributed by atoms with van der Waals surface area (Å²) in [5, 5.41) is 8.39. The summed E-state index contributed by atoms with van der Waals surface area (Å²) in [5.74, 6) is -1.25. The van der Waals surface area contributed by atoms with Crippen molar-refractivity contribution in [3.63, 3.8) is 0 Å². The first-order valence-electron chi connectivity index (χ1n) is 13.5. The van der Waals surface area contributed by atoms with E-state index < -0.39 is 17.8 Å². The van der Waals surface area contributed by atoms with E-state index >= 15 is 4.39 Å². The summed E-state index contributed by atoms with van der Waals surface area (Å²) >= 11 is 1.30. The van der Waals surface area contributed by atoms with Crippen LogP contribution >= 0.6 is 11.3 Å². The van der Waals surface area contributed by atoms with Gasteiger partial charge < -0.3 is 19.7 Å². The molecule has 3 aliphatic heterocycles. The Labute approximate surface area is 234 Å². The summed E-state index contributed by atoms with van der Waals surface area (Å²) in [4.78, 5) is 40.0. The number of carbonyl (C=O) groups excluding carboxylic acids is 2. The molecule has 5 heterocycles. The second-order valence-electron chi connectivity index (χ2n) is 10.3. The highest BCUT2D eigenvalue weighted by Crippen LogP contribution is 2.38. The molecule has 7 rings (SSSR count). The lowest BCUT2D eigenvalue weighted by molar-refractivity contribution is -0.121. The molecule has 204 valence electrons. The first-order chi connectivity index (χ1) is 19.6. The third-order valence-electron chi connectivity index (χ3n) is 7.97. The van der Waals surface area contributed by atoms with E-state index in [-0.39, 0.29) is 18.0 Å².